The van der Waals surface area contributed by atoms with Crippen molar-refractivity contribution in [3.63, 3.8) is 0 Å². The van der Waals surface area contributed by atoms with Crippen molar-refractivity contribution in [2.24, 2.45) is 5.73 Å². The van der Waals surface area contributed by atoms with E-state index in [4.69, 9.17) is 5.73 Å². The maximum Gasteiger partial charge on any atom is 0.114 e. The second-order valence-electron chi connectivity index (χ2n) is 2.68. The Bertz CT molecular complexity index is 365. The molecule has 2 N–H and O–H groups in total. The molecule has 0 spiro atoms. The number of rotatable bonds is 3. The lowest BCUT2D eigenvalue weighted by molar-refractivity contribution is 0.682. The molecule has 0 aliphatic heterocycles. The molecule has 0 aliphatic rings. The van der Waals surface area contributed by atoms with Crippen LogP contribution in [-0.4, -0.2) is 14.8 Å². The van der Waals surface area contributed by atoms with Gasteiger partial charge in [0.25, 0.3) is 0 Å². The van der Waals surface area contributed by atoms with Crippen molar-refractivity contribution in [3.05, 3.63) is 34.5 Å². The first-order valence-corrected chi connectivity index (χ1v) is 4.86. The molecule has 0 radical (unpaired) electrons. The van der Waals surface area contributed by atoms with Crippen LogP contribution in [0.1, 0.15) is 10.6 Å². The summed E-state index contributed by atoms with van der Waals surface area (Å²) in [7, 11) is 0. The molecule has 2 heterocycles. The van der Waals surface area contributed by atoms with Gasteiger partial charge in [0.2, 0.25) is 0 Å². The van der Waals surface area contributed by atoms with E-state index in [1.165, 1.54) is 0 Å². The minimum absolute atomic E-state index is 0.540. The number of nitrogens with two attached hydrogens (primary N) is 1. The smallest absolute Gasteiger partial charge is 0.114 e. The van der Waals surface area contributed by atoms with Crippen molar-refractivity contribution in [1.82, 2.24) is 14.8 Å². The molecular formula is C8H10N4S. The molecule has 0 unspecified atom stereocenters. The molecule has 2 rings (SSSR count). The Morgan fingerprint density at radius 2 is 2.46 bits per heavy atom. The first kappa shape index (κ1) is 8.40. The van der Waals surface area contributed by atoms with Crippen LogP contribution in [0.5, 0.6) is 0 Å². The Balaban J connectivity index is 2.10. The molecule has 0 saturated carbocycles. The van der Waals surface area contributed by atoms with Crippen molar-refractivity contribution in [3.8, 4) is 0 Å². The molecule has 13 heavy (non-hydrogen) atoms. The lowest BCUT2D eigenvalue weighted by Gasteiger charge is -1.95. The summed E-state index contributed by atoms with van der Waals surface area (Å²) in [6.45, 7) is 1.27. The first-order chi connectivity index (χ1) is 6.38. The summed E-state index contributed by atoms with van der Waals surface area (Å²) < 4.78 is 1.85. The monoisotopic (exact) mass is 194 g/mol. The van der Waals surface area contributed by atoms with Gasteiger partial charge in [0, 0.05) is 29.9 Å². The quantitative estimate of drug-likeness (QED) is 0.788. The summed E-state index contributed by atoms with van der Waals surface area (Å²) in [5.74, 6) is 0. The fourth-order valence-corrected chi connectivity index (χ4v) is 1.68. The highest BCUT2D eigenvalue weighted by Crippen LogP contribution is 2.06. The van der Waals surface area contributed by atoms with Crippen LogP contribution in [0.2, 0.25) is 0 Å². The second-order valence-corrected chi connectivity index (χ2v) is 3.66. The zero-order valence-corrected chi connectivity index (χ0v) is 7.87. The molecule has 0 fully saturated rings. The van der Waals surface area contributed by atoms with Gasteiger partial charge in [-0.05, 0) is 0 Å². The van der Waals surface area contributed by atoms with Crippen molar-refractivity contribution < 1.29 is 0 Å². The summed E-state index contributed by atoms with van der Waals surface area (Å²) in [6.07, 6.45) is 5.53. The SMILES string of the molecule is NCc1cnn(Cc2nccs2)c1. The van der Waals surface area contributed by atoms with Crippen LogP contribution in [0.25, 0.3) is 0 Å². The van der Waals surface area contributed by atoms with E-state index in [0.717, 1.165) is 17.1 Å². The maximum atomic E-state index is 5.47. The van der Waals surface area contributed by atoms with E-state index in [0.29, 0.717) is 6.54 Å². The Morgan fingerprint density at radius 1 is 1.54 bits per heavy atom. The van der Waals surface area contributed by atoms with Crippen molar-refractivity contribution >= 4 is 11.3 Å². The number of thiazole rings is 1. The van der Waals surface area contributed by atoms with Crippen LogP contribution in [0.4, 0.5) is 0 Å². The van der Waals surface area contributed by atoms with Crippen molar-refractivity contribution in [2.75, 3.05) is 0 Å². The summed E-state index contributed by atoms with van der Waals surface area (Å²) in [5.41, 5.74) is 6.52. The van der Waals surface area contributed by atoms with Gasteiger partial charge in [0.15, 0.2) is 0 Å². The lowest BCUT2D eigenvalue weighted by atomic mass is 10.4. The average Bonchev–Trinajstić information content (AvgIpc) is 2.76. The van der Waals surface area contributed by atoms with Crippen LogP contribution >= 0.6 is 11.3 Å². The number of hydrogen-bond acceptors (Lipinski definition) is 4. The zero-order chi connectivity index (χ0) is 9.10. The molecule has 0 saturated heterocycles. The minimum Gasteiger partial charge on any atom is -0.326 e. The largest absolute Gasteiger partial charge is 0.326 e. The highest BCUT2D eigenvalue weighted by Gasteiger charge is 1.99. The summed E-state index contributed by atoms with van der Waals surface area (Å²) in [5, 5.41) is 7.19. The van der Waals surface area contributed by atoms with E-state index < -0.39 is 0 Å². The molecule has 5 heteroatoms. The fourth-order valence-electron chi connectivity index (χ4n) is 1.07. The van der Waals surface area contributed by atoms with E-state index in [9.17, 15) is 0 Å². The minimum atomic E-state index is 0.540. The molecule has 0 bridgehead atoms. The zero-order valence-electron chi connectivity index (χ0n) is 7.05. The number of hydrogen-bond donors (Lipinski definition) is 1. The van der Waals surface area contributed by atoms with Gasteiger partial charge in [-0.3, -0.25) is 4.68 Å². The lowest BCUT2D eigenvalue weighted by Crippen LogP contribution is -1.99. The van der Waals surface area contributed by atoms with Gasteiger partial charge in [-0.1, -0.05) is 0 Å². The highest BCUT2D eigenvalue weighted by atomic mass is 32.1. The van der Waals surface area contributed by atoms with Gasteiger partial charge < -0.3 is 5.73 Å². The van der Waals surface area contributed by atoms with Crippen molar-refractivity contribution in [2.45, 2.75) is 13.1 Å². The van der Waals surface area contributed by atoms with Crippen molar-refractivity contribution in [1.29, 1.82) is 0 Å². The predicted molar refractivity (Wildman–Crippen MR) is 51.3 cm³/mol. The normalized spacial score (nSPS) is 10.5. The molecule has 0 aliphatic carbocycles. The van der Waals surface area contributed by atoms with Gasteiger partial charge in [0.05, 0.1) is 12.7 Å². The Morgan fingerprint density at radius 3 is 3.08 bits per heavy atom. The van der Waals surface area contributed by atoms with Gasteiger partial charge in [0.1, 0.15) is 5.01 Å². The average molecular weight is 194 g/mol. The molecule has 68 valence electrons. The first-order valence-electron chi connectivity index (χ1n) is 3.98. The predicted octanol–water partition coefficient (Wildman–Crippen LogP) is 0.847. The molecule has 0 aromatic carbocycles. The summed E-state index contributed by atoms with van der Waals surface area (Å²) in [4.78, 5) is 4.17. The fraction of sp³-hybridized carbons (Fsp3) is 0.250. The Hall–Kier alpha value is -1.20. The third kappa shape index (κ3) is 1.93. The van der Waals surface area contributed by atoms with Gasteiger partial charge in [-0.25, -0.2) is 4.98 Å². The van der Waals surface area contributed by atoms with E-state index in [1.807, 2.05) is 16.3 Å². The van der Waals surface area contributed by atoms with E-state index in [1.54, 1.807) is 23.7 Å². The Labute approximate surface area is 80.0 Å². The molecular weight excluding hydrogens is 184 g/mol. The Kier molecular flexibility index (Phi) is 2.37. The van der Waals surface area contributed by atoms with Crippen LogP contribution in [0, 0.1) is 0 Å². The van der Waals surface area contributed by atoms with Crippen LogP contribution < -0.4 is 5.73 Å². The number of aromatic nitrogens is 3. The second kappa shape index (κ2) is 3.68. The van der Waals surface area contributed by atoms with E-state index in [-0.39, 0.29) is 0 Å². The molecule has 4 nitrogen and oxygen atoms in total. The summed E-state index contributed by atoms with van der Waals surface area (Å²) >= 11 is 1.63. The molecule has 0 amide bonds. The number of nitrogens with zero attached hydrogens (tertiary/aromatic N) is 3. The van der Waals surface area contributed by atoms with Gasteiger partial charge in [-0.15, -0.1) is 11.3 Å². The topological polar surface area (TPSA) is 56.7 Å². The van der Waals surface area contributed by atoms with E-state index in [2.05, 4.69) is 10.1 Å². The van der Waals surface area contributed by atoms with Crippen LogP contribution in [-0.2, 0) is 13.1 Å². The van der Waals surface area contributed by atoms with Gasteiger partial charge >= 0.3 is 0 Å². The third-order valence-corrected chi connectivity index (χ3v) is 2.47. The summed E-state index contributed by atoms with van der Waals surface area (Å²) in [6, 6.07) is 0. The third-order valence-electron chi connectivity index (χ3n) is 1.70. The molecule has 2 aromatic heterocycles. The maximum absolute atomic E-state index is 5.47. The van der Waals surface area contributed by atoms with Crippen LogP contribution in [0.15, 0.2) is 24.0 Å². The van der Waals surface area contributed by atoms with Gasteiger partial charge in [-0.2, -0.15) is 5.10 Å². The molecule has 2 aromatic rings. The molecule has 0 atom stereocenters. The standard InChI is InChI=1S/C8H10N4S/c9-3-7-4-11-12(5-7)6-8-10-1-2-13-8/h1-2,4-5H,3,6,9H2. The highest BCUT2D eigenvalue weighted by molar-refractivity contribution is 7.09. The van der Waals surface area contributed by atoms with E-state index >= 15 is 0 Å². The van der Waals surface area contributed by atoms with Crippen LogP contribution in [0.3, 0.4) is 0 Å².